The summed E-state index contributed by atoms with van der Waals surface area (Å²) < 4.78 is 20.0. The second kappa shape index (κ2) is 14.2. The highest BCUT2D eigenvalue weighted by Gasteiger charge is 2.37. The van der Waals surface area contributed by atoms with Gasteiger partial charge in [-0.2, -0.15) is 4.98 Å². The molecule has 1 aliphatic heterocycles. The predicted octanol–water partition coefficient (Wildman–Crippen LogP) is 5.14. The highest BCUT2D eigenvalue weighted by molar-refractivity contribution is 6.06. The van der Waals surface area contributed by atoms with Crippen LogP contribution in [0.2, 0.25) is 0 Å². The number of pyridine rings is 3. The number of aromatic nitrogens is 4. The molecule has 0 saturated heterocycles. The number of fused-ring (bicyclic) bond motifs is 3. The Morgan fingerprint density at radius 3 is 2.60 bits per heavy atom. The molecule has 2 aliphatic rings. The van der Waals surface area contributed by atoms with Gasteiger partial charge in [0.25, 0.3) is 11.5 Å². The van der Waals surface area contributed by atoms with Gasteiger partial charge in [0.2, 0.25) is 5.88 Å². The summed E-state index contributed by atoms with van der Waals surface area (Å²) in [5, 5.41) is 5.74. The van der Waals surface area contributed by atoms with Gasteiger partial charge in [-0.1, -0.05) is 19.9 Å². The average Bonchev–Trinajstić information content (AvgIpc) is 3.55. The van der Waals surface area contributed by atoms with Crippen molar-refractivity contribution in [1.82, 2.24) is 24.4 Å². The third kappa shape index (κ3) is 7.95. The Morgan fingerprint density at radius 2 is 1.85 bits per heavy atom. The van der Waals surface area contributed by atoms with Crippen LogP contribution in [0.4, 0.5) is 22.1 Å². The molecule has 5 heterocycles. The minimum Gasteiger partial charge on any atom is -0.476 e. The second-order valence-corrected chi connectivity index (χ2v) is 14.9. The van der Waals surface area contributed by atoms with Crippen LogP contribution in [0.15, 0.2) is 53.6 Å². The smallest absolute Gasteiger partial charge is 0.407 e. The van der Waals surface area contributed by atoms with Crippen LogP contribution < -0.4 is 25.8 Å². The molecule has 0 radical (unpaired) electrons. The van der Waals surface area contributed by atoms with Crippen LogP contribution in [0.25, 0.3) is 11.1 Å². The molecule has 52 heavy (non-hydrogen) atoms. The van der Waals surface area contributed by atoms with Gasteiger partial charge in [0, 0.05) is 62.3 Å². The molecule has 2 amide bonds. The van der Waals surface area contributed by atoms with Crippen molar-refractivity contribution in [2.45, 2.75) is 73.1 Å². The first-order valence-corrected chi connectivity index (χ1v) is 17.3. The molecular weight excluding hydrogens is 666 g/mol. The number of hydrogen-bond acceptors (Lipinski definition) is 10. The maximum Gasteiger partial charge on any atom is 0.407 e. The number of nitrogens with one attached hydrogen (secondary N) is 2. The van der Waals surface area contributed by atoms with Gasteiger partial charge in [-0.25, -0.2) is 9.78 Å². The molecule has 1 aliphatic carbocycles. The first-order valence-electron chi connectivity index (χ1n) is 17.3. The number of rotatable bonds is 10. The quantitative estimate of drug-likeness (QED) is 0.167. The molecule has 0 fully saturated rings. The molecule has 6 rings (SSSR count). The molecule has 274 valence electrons. The number of nitrogens with zero attached hydrogens (tertiary/aromatic N) is 5. The van der Waals surface area contributed by atoms with Crippen molar-refractivity contribution in [1.29, 1.82) is 0 Å². The van der Waals surface area contributed by atoms with Gasteiger partial charge in [-0.05, 0) is 74.4 Å². The normalized spacial score (nSPS) is 14.8. The fourth-order valence-electron chi connectivity index (χ4n) is 6.69. The van der Waals surface area contributed by atoms with Crippen LogP contribution in [0.3, 0.4) is 0 Å². The molecule has 0 saturated carbocycles. The van der Waals surface area contributed by atoms with E-state index in [9.17, 15) is 19.2 Å². The zero-order valence-corrected chi connectivity index (χ0v) is 30.7. The summed E-state index contributed by atoms with van der Waals surface area (Å²) in [6.07, 6.45) is 4.60. The van der Waals surface area contributed by atoms with E-state index >= 15 is 0 Å². The Kier molecular flexibility index (Phi) is 9.84. The molecule has 14 heteroatoms. The molecule has 0 unspecified atom stereocenters. The van der Waals surface area contributed by atoms with Crippen LogP contribution in [-0.2, 0) is 47.3 Å². The minimum atomic E-state index is -0.609. The number of hydrogen-bond donors (Lipinski definition) is 2. The maximum atomic E-state index is 14.0. The summed E-state index contributed by atoms with van der Waals surface area (Å²) in [7, 11) is 1.64. The zero-order chi connectivity index (χ0) is 37.4. The summed E-state index contributed by atoms with van der Waals surface area (Å²) in [6.45, 7) is 12.4. The lowest BCUT2D eigenvalue weighted by Crippen LogP contribution is -2.41. The second-order valence-electron chi connectivity index (χ2n) is 14.9. The van der Waals surface area contributed by atoms with Gasteiger partial charge in [-0.3, -0.25) is 19.3 Å². The monoisotopic (exact) mass is 711 g/mol. The first kappa shape index (κ1) is 36.1. The van der Waals surface area contributed by atoms with Crippen molar-refractivity contribution in [3.63, 3.8) is 0 Å². The molecule has 0 bridgehead atoms. The van der Waals surface area contributed by atoms with Crippen LogP contribution in [-0.4, -0.2) is 62.4 Å². The van der Waals surface area contributed by atoms with E-state index in [0.29, 0.717) is 47.1 Å². The third-order valence-electron chi connectivity index (χ3n) is 8.83. The van der Waals surface area contributed by atoms with Crippen molar-refractivity contribution in [3.05, 3.63) is 81.7 Å². The van der Waals surface area contributed by atoms with E-state index in [2.05, 4.69) is 39.0 Å². The van der Waals surface area contributed by atoms with Crippen LogP contribution in [0.1, 0.15) is 68.9 Å². The standard InChI is InChI=1S/C38H45N7O7/c1-23(46)51-22-27-26(11-12-39-33(27)45-15-14-44-29(35(45)48)18-24-19-38(5,6)20-30(24)44)25-17-28(34(47)43(7)21-25)41-31-9-8-10-32(42-31)50-16-13-40-36(49)52-37(2,3)4/h8-12,17-18,21H,13-16,19-20,22H2,1-7H3,(H,40,49)(H,41,42). The summed E-state index contributed by atoms with van der Waals surface area (Å²) >= 11 is 0. The highest BCUT2D eigenvalue weighted by atomic mass is 16.6. The van der Waals surface area contributed by atoms with Crippen LogP contribution >= 0.6 is 0 Å². The highest BCUT2D eigenvalue weighted by Crippen LogP contribution is 2.40. The molecule has 0 spiro atoms. The minimum absolute atomic E-state index is 0.126. The van der Waals surface area contributed by atoms with Crippen molar-refractivity contribution < 1.29 is 28.6 Å². The van der Waals surface area contributed by atoms with Gasteiger partial charge in [-0.15, -0.1) is 0 Å². The van der Waals surface area contributed by atoms with Crippen molar-refractivity contribution in [3.8, 4) is 17.0 Å². The van der Waals surface area contributed by atoms with Crippen LogP contribution in [0.5, 0.6) is 5.88 Å². The summed E-state index contributed by atoms with van der Waals surface area (Å²) in [6, 6.07) is 10.6. The number of amides is 2. The predicted molar refractivity (Wildman–Crippen MR) is 195 cm³/mol. The van der Waals surface area contributed by atoms with Gasteiger partial charge in [0.15, 0.2) is 0 Å². The Hall–Kier alpha value is -5.66. The Labute approximate surface area is 302 Å². The third-order valence-corrected chi connectivity index (χ3v) is 8.83. The van der Waals surface area contributed by atoms with Crippen molar-refractivity contribution in [2.75, 3.05) is 29.9 Å². The number of esters is 1. The number of aryl methyl sites for hydroxylation is 1. The number of ether oxygens (including phenoxy) is 3. The van der Waals surface area contributed by atoms with Gasteiger partial charge in [0.1, 0.15) is 41.8 Å². The topological polar surface area (TPSA) is 159 Å². The number of alkyl carbamates (subject to hydrolysis) is 1. The molecule has 4 aromatic heterocycles. The van der Waals surface area contributed by atoms with E-state index in [1.165, 1.54) is 22.7 Å². The number of carbonyl (C=O) groups is 3. The SMILES string of the molecule is CC(=O)OCc1c(-c2cc(Nc3cccc(OCCNC(=O)OC(C)(C)C)n3)c(=O)n(C)c2)ccnc1N1CCn2c(cc3c2CC(C)(C)C3)C1=O. The summed E-state index contributed by atoms with van der Waals surface area (Å²) in [4.78, 5) is 62.1. The van der Waals surface area contributed by atoms with E-state index < -0.39 is 17.7 Å². The lowest BCUT2D eigenvalue weighted by Gasteiger charge is -2.31. The number of carbonyl (C=O) groups excluding carboxylic acids is 3. The lowest BCUT2D eigenvalue weighted by molar-refractivity contribution is -0.142. The van der Waals surface area contributed by atoms with E-state index in [1.807, 2.05) is 6.07 Å². The van der Waals surface area contributed by atoms with Crippen molar-refractivity contribution >= 4 is 35.3 Å². The molecule has 4 aromatic rings. The summed E-state index contributed by atoms with van der Waals surface area (Å²) in [5.41, 5.74) is 4.36. The van der Waals surface area contributed by atoms with Gasteiger partial charge >= 0.3 is 12.1 Å². The molecular formula is C38H45N7O7. The zero-order valence-electron chi connectivity index (χ0n) is 30.7. The van der Waals surface area contributed by atoms with Gasteiger partial charge < -0.3 is 34.0 Å². The Balaban J connectivity index is 1.25. The van der Waals surface area contributed by atoms with E-state index in [1.54, 1.807) is 75.4 Å². The first-order chi connectivity index (χ1) is 24.6. The maximum absolute atomic E-state index is 14.0. The van der Waals surface area contributed by atoms with Gasteiger partial charge in [0.05, 0.1) is 6.54 Å². The van der Waals surface area contributed by atoms with E-state index in [0.717, 1.165) is 12.8 Å². The Morgan fingerprint density at radius 1 is 1.06 bits per heavy atom. The van der Waals surface area contributed by atoms with Crippen molar-refractivity contribution in [2.24, 2.45) is 12.5 Å². The molecule has 14 nitrogen and oxygen atoms in total. The summed E-state index contributed by atoms with van der Waals surface area (Å²) in [5.74, 6) is 0.407. The van der Waals surface area contributed by atoms with Crippen LogP contribution in [0, 0.1) is 5.41 Å². The largest absolute Gasteiger partial charge is 0.476 e. The van der Waals surface area contributed by atoms with E-state index in [4.69, 9.17) is 14.2 Å². The average molecular weight is 712 g/mol. The molecule has 2 N–H and O–H groups in total. The number of anilines is 3. The van der Waals surface area contributed by atoms with E-state index in [-0.39, 0.29) is 48.2 Å². The lowest BCUT2D eigenvalue weighted by atomic mass is 9.90. The fourth-order valence-corrected chi connectivity index (χ4v) is 6.69. The fraction of sp³-hybridized carbons (Fsp3) is 0.421. The molecule has 0 aromatic carbocycles. The Bertz CT molecular complexity index is 2090. The molecule has 0 atom stereocenters.